The summed E-state index contributed by atoms with van der Waals surface area (Å²) in [4.78, 5) is 10.1. The Balaban J connectivity index is 1.88. The van der Waals surface area contributed by atoms with Gasteiger partial charge in [0.15, 0.2) is 5.69 Å². The molecule has 0 saturated heterocycles. The molecule has 0 amide bonds. The first kappa shape index (κ1) is 21.3. The molecule has 3 aromatic rings. The number of aliphatic imine (C=N–C) groups is 1. The average Bonchev–Trinajstić information content (AvgIpc) is 3.14. The topological polar surface area (TPSA) is 28.5 Å². The standard InChI is InChI=1S/C21H19ClF3N3S/c1-3-28(4-2)17-11-5-14(6-12-17)13-26-20-27-19(21(23,24)25)18(29-20)15-7-9-16(22)10-8-15/h5-13H,3-4H2,1-2H3/b26-13+. The summed E-state index contributed by atoms with van der Waals surface area (Å²) in [6.07, 6.45) is -3.04. The zero-order chi connectivity index (χ0) is 21.0. The van der Waals surface area contributed by atoms with Crippen molar-refractivity contribution < 1.29 is 13.2 Å². The van der Waals surface area contributed by atoms with E-state index >= 15 is 0 Å². The molecule has 8 heteroatoms. The molecule has 0 aliphatic heterocycles. The molecule has 0 bridgehead atoms. The van der Waals surface area contributed by atoms with Gasteiger partial charge in [0, 0.05) is 30.0 Å². The second kappa shape index (κ2) is 8.97. The predicted octanol–water partition coefficient (Wildman–Crippen LogP) is 7.08. The molecule has 0 aliphatic rings. The highest BCUT2D eigenvalue weighted by Crippen LogP contribution is 2.42. The summed E-state index contributed by atoms with van der Waals surface area (Å²) in [7, 11) is 0. The van der Waals surface area contributed by atoms with E-state index in [9.17, 15) is 13.2 Å². The molecular weight excluding hydrogens is 419 g/mol. The van der Waals surface area contributed by atoms with E-state index in [1.54, 1.807) is 24.3 Å². The zero-order valence-corrected chi connectivity index (χ0v) is 17.4. The second-order valence-electron chi connectivity index (χ2n) is 6.20. The van der Waals surface area contributed by atoms with Gasteiger partial charge in [-0.05, 0) is 49.2 Å². The Morgan fingerprint density at radius 2 is 1.66 bits per heavy atom. The Bertz CT molecular complexity index is 976. The van der Waals surface area contributed by atoms with Gasteiger partial charge >= 0.3 is 6.18 Å². The van der Waals surface area contributed by atoms with Crippen LogP contribution >= 0.6 is 22.9 Å². The van der Waals surface area contributed by atoms with Gasteiger partial charge in [0.25, 0.3) is 0 Å². The monoisotopic (exact) mass is 437 g/mol. The van der Waals surface area contributed by atoms with Crippen molar-refractivity contribution in [1.29, 1.82) is 0 Å². The maximum absolute atomic E-state index is 13.4. The van der Waals surface area contributed by atoms with Crippen molar-refractivity contribution in [2.75, 3.05) is 18.0 Å². The van der Waals surface area contributed by atoms with Crippen LogP contribution in [-0.2, 0) is 6.18 Å². The number of benzene rings is 2. The van der Waals surface area contributed by atoms with Crippen LogP contribution in [-0.4, -0.2) is 24.3 Å². The predicted molar refractivity (Wildman–Crippen MR) is 115 cm³/mol. The summed E-state index contributed by atoms with van der Waals surface area (Å²) < 4.78 is 40.3. The van der Waals surface area contributed by atoms with E-state index in [0.29, 0.717) is 10.6 Å². The summed E-state index contributed by atoms with van der Waals surface area (Å²) in [6, 6.07) is 13.9. The van der Waals surface area contributed by atoms with E-state index in [1.807, 2.05) is 24.3 Å². The van der Waals surface area contributed by atoms with E-state index in [-0.39, 0.29) is 10.0 Å². The van der Waals surface area contributed by atoms with Crippen LogP contribution in [0.4, 0.5) is 24.0 Å². The minimum atomic E-state index is -4.56. The third-order valence-corrected chi connectivity index (χ3v) is 5.60. The smallest absolute Gasteiger partial charge is 0.372 e. The minimum absolute atomic E-state index is 0.0261. The van der Waals surface area contributed by atoms with Gasteiger partial charge in [0.2, 0.25) is 5.13 Å². The van der Waals surface area contributed by atoms with Crippen molar-refractivity contribution in [2.24, 2.45) is 4.99 Å². The van der Waals surface area contributed by atoms with Gasteiger partial charge in [-0.15, -0.1) is 0 Å². The zero-order valence-electron chi connectivity index (χ0n) is 15.9. The number of thiazole rings is 1. The molecule has 0 radical (unpaired) electrons. The maximum atomic E-state index is 13.4. The van der Waals surface area contributed by atoms with Crippen LogP contribution < -0.4 is 4.90 Å². The molecule has 2 aromatic carbocycles. The molecule has 0 N–H and O–H groups in total. The Morgan fingerprint density at radius 1 is 1.03 bits per heavy atom. The van der Waals surface area contributed by atoms with Crippen molar-refractivity contribution in [3.63, 3.8) is 0 Å². The molecule has 0 fully saturated rings. The van der Waals surface area contributed by atoms with Gasteiger partial charge in [0.05, 0.1) is 4.88 Å². The lowest BCUT2D eigenvalue weighted by atomic mass is 10.1. The van der Waals surface area contributed by atoms with E-state index in [0.717, 1.165) is 35.7 Å². The first-order valence-electron chi connectivity index (χ1n) is 9.04. The van der Waals surface area contributed by atoms with Crippen molar-refractivity contribution in [2.45, 2.75) is 20.0 Å². The van der Waals surface area contributed by atoms with E-state index in [1.165, 1.54) is 6.21 Å². The molecule has 29 heavy (non-hydrogen) atoms. The summed E-state index contributed by atoms with van der Waals surface area (Å²) in [5.74, 6) is 0. The third kappa shape index (κ3) is 5.16. The van der Waals surface area contributed by atoms with Crippen molar-refractivity contribution in [3.05, 3.63) is 64.8 Å². The first-order chi connectivity index (χ1) is 13.8. The van der Waals surface area contributed by atoms with E-state index in [4.69, 9.17) is 11.6 Å². The van der Waals surface area contributed by atoms with Crippen LogP contribution in [0.2, 0.25) is 5.02 Å². The number of halogens is 4. The van der Waals surface area contributed by atoms with Crippen molar-refractivity contribution in [3.8, 4) is 10.4 Å². The number of anilines is 1. The third-order valence-electron chi connectivity index (χ3n) is 4.34. The molecule has 0 spiro atoms. The number of aromatic nitrogens is 1. The lowest BCUT2D eigenvalue weighted by molar-refractivity contribution is -0.140. The molecular formula is C21H19ClF3N3S. The normalized spacial score (nSPS) is 11.9. The molecule has 3 nitrogen and oxygen atoms in total. The fourth-order valence-corrected chi connectivity index (χ4v) is 3.91. The lowest BCUT2D eigenvalue weighted by Crippen LogP contribution is -2.21. The highest BCUT2D eigenvalue weighted by molar-refractivity contribution is 7.18. The molecule has 0 saturated carbocycles. The quantitative estimate of drug-likeness (QED) is 0.385. The summed E-state index contributed by atoms with van der Waals surface area (Å²) in [5, 5.41) is 0.508. The molecule has 3 rings (SSSR count). The van der Waals surface area contributed by atoms with Gasteiger partial charge in [-0.2, -0.15) is 13.2 Å². The summed E-state index contributed by atoms with van der Waals surface area (Å²) in [6.45, 7) is 5.96. The van der Waals surface area contributed by atoms with Crippen LogP contribution in [0.5, 0.6) is 0 Å². The number of rotatable bonds is 6. The molecule has 1 heterocycles. The SMILES string of the molecule is CCN(CC)c1ccc(/C=N/c2nc(C(F)(F)F)c(-c3ccc(Cl)cc3)s2)cc1. The fraction of sp³-hybridized carbons (Fsp3) is 0.238. The van der Waals surface area contributed by atoms with E-state index in [2.05, 4.69) is 28.7 Å². The maximum Gasteiger partial charge on any atom is 0.434 e. The van der Waals surface area contributed by atoms with Crippen LogP contribution in [0.15, 0.2) is 53.5 Å². The van der Waals surface area contributed by atoms with Crippen LogP contribution in [0.1, 0.15) is 25.1 Å². The van der Waals surface area contributed by atoms with Gasteiger partial charge < -0.3 is 4.90 Å². The van der Waals surface area contributed by atoms with Crippen molar-refractivity contribution >= 4 is 40.0 Å². The van der Waals surface area contributed by atoms with Crippen LogP contribution in [0.3, 0.4) is 0 Å². The Hall–Kier alpha value is -2.38. The van der Waals surface area contributed by atoms with E-state index < -0.39 is 11.9 Å². The first-order valence-corrected chi connectivity index (χ1v) is 10.2. The minimum Gasteiger partial charge on any atom is -0.372 e. The summed E-state index contributed by atoms with van der Waals surface area (Å²) in [5.41, 5.74) is 1.35. The molecule has 152 valence electrons. The van der Waals surface area contributed by atoms with Crippen LogP contribution in [0, 0.1) is 0 Å². The van der Waals surface area contributed by atoms with Gasteiger partial charge in [-0.3, -0.25) is 0 Å². The number of alkyl halides is 3. The Labute approximate surface area is 176 Å². The summed E-state index contributed by atoms with van der Waals surface area (Å²) >= 11 is 6.74. The Morgan fingerprint density at radius 3 is 2.21 bits per heavy atom. The van der Waals surface area contributed by atoms with Gasteiger partial charge in [-0.1, -0.05) is 47.2 Å². The number of hydrogen-bond acceptors (Lipinski definition) is 4. The van der Waals surface area contributed by atoms with Gasteiger partial charge in [-0.25, -0.2) is 9.98 Å². The van der Waals surface area contributed by atoms with Crippen LogP contribution in [0.25, 0.3) is 10.4 Å². The molecule has 1 aromatic heterocycles. The highest BCUT2D eigenvalue weighted by atomic mass is 35.5. The molecule has 0 unspecified atom stereocenters. The second-order valence-corrected chi connectivity index (χ2v) is 7.61. The molecule has 0 aliphatic carbocycles. The number of hydrogen-bond donors (Lipinski definition) is 0. The largest absolute Gasteiger partial charge is 0.434 e. The van der Waals surface area contributed by atoms with Gasteiger partial charge in [0.1, 0.15) is 0 Å². The molecule has 0 atom stereocenters. The highest BCUT2D eigenvalue weighted by Gasteiger charge is 2.38. The lowest BCUT2D eigenvalue weighted by Gasteiger charge is -2.20. The number of nitrogens with zero attached hydrogens (tertiary/aromatic N) is 3. The average molecular weight is 438 g/mol. The Kier molecular flexibility index (Phi) is 6.59. The van der Waals surface area contributed by atoms with Crippen molar-refractivity contribution in [1.82, 2.24) is 4.98 Å². The fourth-order valence-electron chi connectivity index (χ4n) is 2.84.